The van der Waals surface area contributed by atoms with E-state index in [1.165, 1.54) is 16.8 Å². The van der Waals surface area contributed by atoms with Crippen molar-refractivity contribution in [2.45, 2.75) is 47.5 Å². The molecule has 0 spiro atoms. The van der Waals surface area contributed by atoms with Gasteiger partial charge in [-0.2, -0.15) is 0 Å². The van der Waals surface area contributed by atoms with Crippen molar-refractivity contribution >= 4 is 11.6 Å². The highest BCUT2D eigenvalue weighted by atomic mass is 16.1. The Morgan fingerprint density at radius 2 is 2.00 bits per heavy atom. The van der Waals surface area contributed by atoms with E-state index in [0.29, 0.717) is 12.3 Å². The van der Waals surface area contributed by atoms with Crippen LogP contribution in [0.15, 0.2) is 18.2 Å². The first kappa shape index (κ1) is 16.9. The Morgan fingerprint density at radius 1 is 1.27 bits per heavy atom. The molecule has 0 saturated carbocycles. The summed E-state index contributed by atoms with van der Waals surface area (Å²) in [5.74, 6) is 0.739. The highest BCUT2D eigenvalue weighted by molar-refractivity contribution is 5.76. The summed E-state index contributed by atoms with van der Waals surface area (Å²) >= 11 is 0. The second kappa shape index (κ2) is 6.72. The lowest BCUT2D eigenvalue weighted by Gasteiger charge is -2.21. The summed E-state index contributed by atoms with van der Waals surface area (Å²) in [4.78, 5) is 14.4. The van der Waals surface area contributed by atoms with Gasteiger partial charge in [-0.25, -0.2) is 0 Å². The van der Waals surface area contributed by atoms with Crippen molar-refractivity contribution in [3.63, 3.8) is 0 Å². The van der Waals surface area contributed by atoms with Crippen molar-refractivity contribution in [3.8, 4) is 0 Å². The number of hydrogen-bond donors (Lipinski definition) is 1. The molecule has 0 radical (unpaired) electrons. The molecule has 1 atom stereocenters. The maximum Gasteiger partial charge on any atom is 0.220 e. The molecule has 1 N–H and O–H groups in total. The Kier molecular flexibility index (Phi) is 5.15. The molecule has 1 aromatic rings. The molecular formula is C19H30N2O. The second-order valence-corrected chi connectivity index (χ2v) is 7.91. The van der Waals surface area contributed by atoms with Gasteiger partial charge in [-0.3, -0.25) is 4.79 Å². The quantitative estimate of drug-likeness (QED) is 0.920. The summed E-state index contributed by atoms with van der Waals surface area (Å²) < 4.78 is 0. The van der Waals surface area contributed by atoms with E-state index in [1.54, 1.807) is 0 Å². The van der Waals surface area contributed by atoms with E-state index in [2.05, 4.69) is 63.0 Å². The predicted octanol–water partition coefficient (Wildman–Crippen LogP) is 3.68. The number of carbonyl (C=O) groups excluding carboxylic acids is 1. The van der Waals surface area contributed by atoms with Crippen molar-refractivity contribution in [1.82, 2.24) is 5.32 Å². The zero-order valence-electron chi connectivity index (χ0n) is 14.7. The molecule has 1 aliphatic heterocycles. The van der Waals surface area contributed by atoms with Crippen LogP contribution in [0.2, 0.25) is 0 Å². The molecule has 2 rings (SSSR count). The third kappa shape index (κ3) is 4.75. The highest BCUT2D eigenvalue weighted by Gasteiger charge is 2.24. The third-order valence-corrected chi connectivity index (χ3v) is 4.42. The van der Waals surface area contributed by atoms with Gasteiger partial charge in [0.15, 0.2) is 0 Å². The van der Waals surface area contributed by atoms with Crippen LogP contribution in [0.4, 0.5) is 5.69 Å². The van der Waals surface area contributed by atoms with E-state index >= 15 is 0 Å². The molecule has 1 heterocycles. The van der Waals surface area contributed by atoms with Gasteiger partial charge < -0.3 is 10.2 Å². The molecule has 1 fully saturated rings. The van der Waals surface area contributed by atoms with Crippen molar-refractivity contribution in [2.24, 2.45) is 11.3 Å². The van der Waals surface area contributed by atoms with Gasteiger partial charge in [-0.05, 0) is 54.9 Å². The van der Waals surface area contributed by atoms with E-state index in [-0.39, 0.29) is 11.3 Å². The van der Waals surface area contributed by atoms with Crippen LogP contribution in [0, 0.1) is 25.2 Å². The first-order chi connectivity index (χ1) is 10.2. The van der Waals surface area contributed by atoms with Crippen molar-refractivity contribution in [2.75, 3.05) is 24.5 Å². The highest BCUT2D eigenvalue weighted by Crippen LogP contribution is 2.25. The van der Waals surface area contributed by atoms with E-state index in [0.717, 1.165) is 26.1 Å². The normalized spacial score (nSPS) is 18.6. The van der Waals surface area contributed by atoms with Crippen LogP contribution in [-0.2, 0) is 4.79 Å². The van der Waals surface area contributed by atoms with Crippen LogP contribution in [0.5, 0.6) is 0 Å². The van der Waals surface area contributed by atoms with Gasteiger partial charge in [-0.1, -0.05) is 26.8 Å². The topological polar surface area (TPSA) is 32.3 Å². The molecule has 122 valence electrons. The minimum absolute atomic E-state index is 0.0607. The Morgan fingerprint density at radius 3 is 2.64 bits per heavy atom. The van der Waals surface area contributed by atoms with E-state index in [1.807, 2.05) is 0 Å². The maximum atomic E-state index is 11.9. The Hall–Kier alpha value is -1.51. The lowest BCUT2D eigenvalue weighted by atomic mass is 9.92. The standard InChI is InChI=1S/C19H30N2O/c1-14-6-7-17(10-15(14)2)21-9-8-16(13-21)12-20-18(22)11-19(3,4)5/h6-7,10,16H,8-9,11-13H2,1-5H3,(H,20,22). The van der Waals surface area contributed by atoms with Crippen LogP contribution >= 0.6 is 0 Å². The Balaban J connectivity index is 1.83. The monoisotopic (exact) mass is 302 g/mol. The third-order valence-electron chi connectivity index (χ3n) is 4.42. The number of anilines is 1. The van der Waals surface area contributed by atoms with Gasteiger partial charge in [0.2, 0.25) is 5.91 Å². The van der Waals surface area contributed by atoms with Crippen LogP contribution in [0.25, 0.3) is 0 Å². The molecule has 1 unspecified atom stereocenters. The number of amides is 1. The zero-order valence-corrected chi connectivity index (χ0v) is 14.7. The number of hydrogen-bond acceptors (Lipinski definition) is 2. The lowest BCUT2D eigenvalue weighted by Crippen LogP contribution is -2.33. The molecule has 0 aliphatic carbocycles. The Labute approximate surface area is 135 Å². The number of nitrogens with zero attached hydrogens (tertiary/aromatic N) is 1. The molecule has 22 heavy (non-hydrogen) atoms. The minimum Gasteiger partial charge on any atom is -0.371 e. The summed E-state index contributed by atoms with van der Waals surface area (Å²) in [6.45, 7) is 13.5. The van der Waals surface area contributed by atoms with Gasteiger partial charge in [0.25, 0.3) is 0 Å². The summed E-state index contributed by atoms with van der Waals surface area (Å²) in [6.07, 6.45) is 1.75. The summed E-state index contributed by atoms with van der Waals surface area (Å²) in [6, 6.07) is 6.68. The largest absolute Gasteiger partial charge is 0.371 e. The first-order valence-corrected chi connectivity index (χ1v) is 8.33. The first-order valence-electron chi connectivity index (χ1n) is 8.33. The molecule has 1 saturated heterocycles. The van der Waals surface area contributed by atoms with Crippen molar-refractivity contribution in [3.05, 3.63) is 29.3 Å². The molecule has 1 aromatic carbocycles. The molecular weight excluding hydrogens is 272 g/mol. The predicted molar refractivity (Wildman–Crippen MR) is 93.3 cm³/mol. The van der Waals surface area contributed by atoms with Gasteiger partial charge in [0.1, 0.15) is 0 Å². The fraction of sp³-hybridized carbons (Fsp3) is 0.632. The summed E-state index contributed by atoms with van der Waals surface area (Å²) in [5.41, 5.74) is 4.06. The minimum atomic E-state index is 0.0607. The van der Waals surface area contributed by atoms with Crippen LogP contribution in [0.1, 0.15) is 44.7 Å². The van der Waals surface area contributed by atoms with Gasteiger partial charge >= 0.3 is 0 Å². The SMILES string of the molecule is Cc1ccc(N2CCC(CNC(=O)CC(C)(C)C)C2)cc1C. The Bertz CT molecular complexity index is 531. The lowest BCUT2D eigenvalue weighted by molar-refractivity contribution is -0.122. The number of carbonyl (C=O) groups is 1. The van der Waals surface area contributed by atoms with Crippen LogP contribution < -0.4 is 10.2 Å². The molecule has 0 aromatic heterocycles. The number of aryl methyl sites for hydroxylation is 2. The molecule has 3 nitrogen and oxygen atoms in total. The van der Waals surface area contributed by atoms with E-state index in [9.17, 15) is 4.79 Å². The summed E-state index contributed by atoms with van der Waals surface area (Å²) in [7, 11) is 0. The maximum absolute atomic E-state index is 11.9. The molecule has 3 heteroatoms. The summed E-state index contributed by atoms with van der Waals surface area (Å²) in [5, 5.41) is 3.11. The smallest absolute Gasteiger partial charge is 0.220 e. The van der Waals surface area contributed by atoms with E-state index in [4.69, 9.17) is 0 Å². The average molecular weight is 302 g/mol. The van der Waals surface area contributed by atoms with Crippen LogP contribution in [-0.4, -0.2) is 25.5 Å². The molecule has 1 amide bonds. The second-order valence-electron chi connectivity index (χ2n) is 7.91. The van der Waals surface area contributed by atoms with Gasteiger partial charge in [0.05, 0.1) is 0 Å². The van der Waals surface area contributed by atoms with Crippen LogP contribution in [0.3, 0.4) is 0 Å². The number of rotatable bonds is 4. The number of benzene rings is 1. The average Bonchev–Trinajstić information content (AvgIpc) is 2.86. The van der Waals surface area contributed by atoms with Gasteiger partial charge in [0, 0.05) is 31.7 Å². The zero-order chi connectivity index (χ0) is 16.3. The number of nitrogens with one attached hydrogen (secondary N) is 1. The fourth-order valence-corrected chi connectivity index (χ4v) is 2.96. The molecule has 1 aliphatic rings. The van der Waals surface area contributed by atoms with Gasteiger partial charge in [-0.15, -0.1) is 0 Å². The van der Waals surface area contributed by atoms with Crippen molar-refractivity contribution < 1.29 is 4.79 Å². The van der Waals surface area contributed by atoms with E-state index < -0.39 is 0 Å². The molecule has 0 bridgehead atoms. The van der Waals surface area contributed by atoms with Crippen molar-refractivity contribution in [1.29, 1.82) is 0 Å². The fourth-order valence-electron chi connectivity index (χ4n) is 2.96.